The van der Waals surface area contributed by atoms with Crippen LogP contribution in [0.15, 0.2) is 12.1 Å². The van der Waals surface area contributed by atoms with Gasteiger partial charge in [-0.1, -0.05) is 6.92 Å². The van der Waals surface area contributed by atoms with Crippen LogP contribution in [0.4, 0.5) is 5.69 Å². The predicted octanol–water partition coefficient (Wildman–Crippen LogP) is 1.91. The number of rotatable bonds is 2. The molecule has 2 aliphatic rings. The summed E-state index contributed by atoms with van der Waals surface area (Å²) in [6, 6.07) is 4.03. The third-order valence-electron chi connectivity index (χ3n) is 4.00. The monoisotopic (exact) mass is 261 g/mol. The van der Waals surface area contributed by atoms with Crippen molar-refractivity contribution < 1.29 is 14.3 Å². The van der Waals surface area contributed by atoms with Gasteiger partial charge in [0.2, 0.25) is 0 Å². The summed E-state index contributed by atoms with van der Waals surface area (Å²) in [5, 5.41) is 0. The first-order valence-electron chi connectivity index (χ1n) is 6.78. The maximum absolute atomic E-state index is 12.1. The molecule has 1 aliphatic carbocycles. The van der Waals surface area contributed by atoms with Gasteiger partial charge in [0.25, 0.3) is 0 Å². The number of anilines is 1. The van der Waals surface area contributed by atoms with Gasteiger partial charge in [-0.2, -0.15) is 0 Å². The Balaban J connectivity index is 2.01. The van der Waals surface area contributed by atoms with E-state index in [-0.39, 0.29) is 11.7 Å². The maximum Gasteiger partial charge on any atom is 0.166 e. The van der Waals surface area contributed by atoms with Crippen molar-refractivity contribution in [1.29, 1.82) is 0 Å². The molecular formula is C15H19NO3. The summed E-state index contributed by atoms with van der Waals surface area (Å²) in [4.78, 5) is 14.3. The molecule has 0 aromatic heterocycles. The molecule has 4 heteroatoms. The van der Waals surface area contributed by atoms with Crippen LogP contribution in [0.2, 0.25) is 0 Å². The molecule has 0 amide bonds. The van der Waals surface area contributed by atoms with Gasteiger partial charge in [-0.05, 0) is 24.1 Å². The molecule has 0 radical (unpaired) electrons. The van der Waals surface area contributed by atoms with E-state index in [2.05, 4.69) is 11.0 Å². The summed E-state index contributed by atoms with van der Waals surface area (Å²) >= 11 is 0. The van der Waals surface area contributed by atoms with Crippen molar-refractivity contribution >= 4 is 11.5 Å². The highest BCUT2D eigenvalue weighted by molar-refractivity contribution is 6.03. The predicted molar refractivity (Wildman–Crippen MR) is 73.2 cm³/mol. The molecule has 1 heterocycles. The minimum absolute atomic E-state index is 0.0969. The zero-order valence-electron chi connectivity index (χ0n) is 11.4. The smallest absolute Gasteiger partial charge is 0.166 e. The van der Waals surface area contributed by atoms with Crippen molar-refractivity contribution in [2.45, 2.75) is 13.3 Å². The van der Waals surface area contributed by atoms with Gasteiger partial charge in [-0.15, -0.1) is 0 Å². The van der Waals surface area contributed by atoms with Crippen LogP contribution in [0.3, 0.4) is 0 Å². The van der Waals surface area contributed by atoms with Crippen LogP contribution >= 0.6 is 0 Å². The molecule has 1 saturated heterocycles. The van der Waals surface area contributed by atoms with E-state index in [1.807, 2.05) is 13.0 Å². The first-order chi connectivity index (χ1) is 9.20. The number of hydrogen-bond donors (Lipinski definition) is 0. The van der Waals surface area contributed by atoms with Gasteiger partial charge in [0.05, 0.1) is 26.0 Å². The molecular weight excluding hydrogens is 242 g/mol. The number of carbonyl (C=O) groups is 1. The van der Waals surface area contributed by atoms with Crippen molar-refractivity contribution in [2.75, 3.05) is 38.3 Å². The van der Waals surface area contributed by atoms with E-state index < -0.39 is 0 Å². The zero-order chi connectivity index (χ0) is 13.4. The van der Waals surface area contributed by atoms with Crippen LogP contribution < -0.4 is 9.64 Å². The van der Waals surface area contributed by atoms with E-state index in [4.69, 9.17) is 9.47 Å². The quantitative estimate of drug-likeness (QED) is 0.815. The third kappa shape index (κ3) is 2.10. The van der Waals surface area contributed by atoms with Gasteiger partial charge in [-0.3, -0.25) is 4.79 Å². The van der Waals surface area contributed by atoms with Crippen molar-refractivity contribution in [3.05, 3.63) is 23.3 Å². The summed E-state index contributed by atoms with van der Waals surface area (Å²) in [6.07, 6.45) is 0.843. The molecule has 1 aromatic rings. The minimum atomic E-state index is 0.0969. The Hall–Kier alpha value is -1.55. The fraction of sp³-hybridized carbons (Fsp3) is 0.533. The molecule has 3 rings (SSSR count). The van der Waals surface area contributed by atoms with Crippen molar-refractivity contribution in [3.63, 3.8) is 0 Å². The number of morpholine rings is 1. The molecule has 0 saturated carbocycles. The Morgan fingerprint density at radius 3 is 2.74 bits per heavy atom. The van der Waals surface area contributed by atoms with E-state index >= 15 is 0 Å². The zero-order valence-corrected chi connectivity index (χ0v) is 11.4. The highest BCUT2D eigenvalue weighted by Crippen LogP contribution is 2.37. The molecule has 0 unspecified atom stereocenters. The summed E-state index contributed by atoms with van der Waals surface area (Å²) in [5.41, 5.74) is 3.08. The van der Waals surface area contributed by atoms with Crippen LogP contribution in [-0.2, 0) is 11.2 Å². The Morgan fingerprint density at radius 2 is 2.05 bits per heavy atom. The van der Waals surface area contributed by atoms with E-state index in [0.29, 0.717) is 0 Å². The number of methoxy groups -OCH3 is 1. The molecule has 0 bridgehead atoms. The number of Topliss-reactive ketones (excluding diaryl/α,β-unsaturated/α-hetero) is 1. The second kappa shape index (κ2) is 4.85. The first kappa shape index (κ1) is 12.5. The summed E-state index contributed by atoms with van der Waals surface area (Å²) in [5.74, 6) is 1.13. The lowest BCUT2D eigenvalue weighted by atomic mass is 10.1. The number of benzene rings is 1. The maximum atomic E-state index is 12.1. The molecule has 1 aromatic carbocycles. The standard InChI is InChI=1S/C15H19NO3/c1-10-7-11-8-13(16-3-5-19-6-4-16)14(18-2)9-12(11)15(10)17/h8-10H,3-7H2,1-2H3/t10-/m0/s1. The minimum Gasteiger partial charge on any atom is -0.495 e. The van der Waals surface area contributed by atoms with Gasteiger partial charge in [0.15, 0.2) is 5.78 Å². The highest BCUT2D eigenvalue weighted by Gasteiger charge is 2.29. The molecule has 1 aliphatic heterocycles. The lowest BCUT2D eigenvalue weighted by molar-refractivity contribution is 0.0946. The number of ketones is 1. The van der Waals surface area contributed by atoms with Crippen LogP contribution in [-0.4, -0.2) is 39.2 Å². The molecule has 19 heavy (non-hydrogen) atoms. The Bertz CT molecular complexity index is 506. The lowest BCUT2D eigenvalue weighted by Crippen LogP contribution is -2.36. The number of fused-ring (bicyclic) bond motifs is 1. The van der Waals surface area contributed by atoms with E-state index in [1.54, 1.807) is 7.11 Å². The van der Waals surface area contributed by atoms with Crippen LogP contribution in [0, 0.1) is 5.92 Å². The van der Waals surface area contributed by atoms with E-state index in [9.17, 15) is 4.79 Å². The Morgan fingerprint density at radius 1 is 1.32 bits per heavy atom. The third-order valence-corrected chi connectivity index (χ3v) is 4.00. The Kier molecular flexibility index (Phi) is 3.19. The molecule has 102 valence electrons. The SMILES string of the molecule is COc1cc2c(cc1N1CCOCC1)C[C@H](C)C2=O. The number of hydrogen-bond acceptors (Lipinski definition) is 4. The number of ether oxygens (including phenoxy) is 2. The fourth-order valence-electron chi connectivity index (χ4n) is 2.91. The largest absolute Gasteiger partial charge is 0.495 e. The molecule has 1 fully saturated rings. The van der Waals surface area contributed by atoms with Gasteiger partial charge in [0.1, 0.15) is 5.75 Å². The summed E-state index contributed by atoms with van der Waals surface area (Å²) in [6.45, 7) is 5.23. The van der Waals surface area contributed by atoms with Crippen LogP contribution in [0.25, 0.3) is 0 Å². The van der Waals surface area contributed by atoms with Gasteiger partial charge >= 0.3 is 0 Å². The first-order valence-corrected chi connectivity index (χ1v) is 6.78. The topological polar surface area (TPSA) is 38.8 Å². The molecule has 0 N–H and O–H groups in total. The summed E-state index contributed by atoms with van der Waals surface area (Å²) in [7, 11) is 1.66. The molecule has 4 nitrogen and oxygen atoms in total. The number of nitrogens with zero attached hydrogens (tertiary/aromatic N) is 1. The highest BCUT2D eigenvalue weighted by atomic mass is 16.5. The summed E-state index contributed by atoms with van der Waals surface area (Å²) < 4.78 is 10.9. The average molecular weight is 261 g/mol. The van der Waals surface area contributed by atoms with Gasteiger partial charge in [0, 0.05) is 24.6 Å². The van der Waals surface area contributed by atoms with Gasteiger partial charge < -0.3 is 14.4 Å². The van der Waals surface area contributed by atoms with Crippen molar-refractivity contribution in [3.8, 4) is 5.75 Å². The van der Waals surface area contributed by atoms with Crippen molar-refractivity contribution in [1.82, 2.24) is 0 Å². The fourth-order valence-corrected chi connectivity index (χ4v) is 2.91. The van der Waals surface area contributed by atoms with Crippen LogP contribution in [0.5, 0.6) is 5.75 Å². The average Bonchev–Trinajstić information content (AvgIpc) is 2.73. The number of carbonyl (C=O) groups excluding carboxylic acids is 1. The van der Waals surface area contributed by atoms with Crippen molar-refractivity contribution in [2.24, 2.45) is 5.92 Å². The second-order valence-corrected chi connectivity index (χ2v) is 5.25. The van der Waals surface area contributed by atoms with Crippen LogP contribution in [0.1, 0.15) is 22.8 Å². The van der Waals surface area contributed by atoms with E-state index in [1.165, 1.54) is 0 Å². The Labute approximate surface area is 113 Å². The second-order valence-electron chi connectivity index (χ2n) is 5.25. The molecule has 1 atom stereocenters. The normalized spacial score (nSPS) is 22.5. The van der Waals surface area contributed by atoms with E-state index in [0.717, 1.165) is 55.3 Å². The van der Waals surface area contributed by atoms with Gasteiger partial charge in [-0.25, -0.2) is 0 Å². The lowest BCUT2D eigenvalue weighted by Gasteiger charge is -2.30. The molecule has 0 spiro atoms.